The van der Waals surface area contributed by atoms with Crippen LogP contribution in [0, 0.1) is 13.8 Å². The summed E-state index contributed by atoms with van der Waals surface area (Å²) < 4.78 is 5.45. The van der Waals surface area contributed by atoms with E-state index in [-0.39, 0.29) is 5.91 Å². The highest BCUT2D eigenvalue weighted by molar-refractivity contribution is 6.00. The second-order valence-corrected chi connectivity index (χ2v) is 7.28. The van der Waals surface area contributed by atoms with Gasteiger partial charge in [0.2, 0.25) is 0 Å². The number of aromatic nitrogens is 1. The number of rotatable bonds is 6. The number of hydrogen-bond acceptors (Lipinski definition) is 5. The Labute approximate surface area is 167 Å². The van der Waals surface area contributed by atoms with Crippen molar-refractivity contribution in [3.8, 4) is 0 Å². The van der Waals surface area contributed by atoms with E-state index in [0.717, 1.165) is 42.4 Å². The van der Waals surface area contributed by atoms with Crippen LogP contribution in [0.5, 0.6) is 0 Å². The van der Waals surface area contributed by atoms with Gasteiger partial charge >= 0.3 is 0 Å². The van der Waals surface area contributed by atoms with Crippen molar-refractivity contribution >= 4 is 17.5 Å². The molecule has 0 bridgehead atoms. The van der Waals surface area contributed by atoms with Gasteiger partial charge in [-0.25, -0.2) is 4.98 Å². The van der Waals surface area contributed by atoms with Crippen molar-refractivity contribution in [2.75, 3.05) is 49.7 Å². The normalized spacial score (nSPS) is 14.1. The molecule has 0 saturated carbocycles. The molecule has 0 unspecified atom stereocenters. The predicted octanol–water partition coefficient (Wildman–Crippen LogP) is 2.92. The first-order chi connectivity index (χ1) is 13.5. The number of carbonyl (C=O) groups is 1. The first kappa shape index (κ1) is 20.1. The van der Waals surface area contributed by atoms with Gasteiger partial charge in [0.05, 0.1) is 18.8 Å². The molecule has 1 N–H and O–H groups in total. The van der Waals surface area contributed by atoms with Gasteiger partial charge in [-0.15, -0.1) is 0 Å². The van der Waals surface area contributed by atoms with Crippen molar-refractivity contribution in [3.05, 3.63) is 52.6 Å². The summed E-state index contributed by atoms with van der Waals surface area (Å²) in [6.45, 7) is 10.4. The topological polar surface area (TPSA) is 57.7 Å². The van der Waals surface area contributed by atoms with E-state index in [0.29, 0.717) is 25.3 Å². The van der Waals surface area contributed by atoms with E-state index in [2.05, 4.69) is 36.2 Å². The van der Waals surface area contributed by atoms with Gasteiger partial charge in [-0.3, -0.25) is 4.79 Å². The fraction of sp³-hybridized carbons (Fsp3) is 0.455. The summed E-state index contributed by atoms with van der Waals surface area (Å²) in [7, 11) is 1.97. The van der Waals surface area contributed by atoms with Gasteiger partial charge in [-0.1, -0.05) is 29.8 Å². The van der Waals surface area contributed by atoms with Crippen molar-refractivity contribution in [2.24, 2.45) is 0 Å². The number of amides is 1. The number of nitrogens with one attached hydrogen (secondary N) is 1. The first-order valence-electron chi connectivity index (χ1n) is 9.88. The molecule has 1 aromatic heterocycles. The Morgan fingerprint density at radius 2 is 1.89 bits per heavy atom. The maximum atomic E-state index is 13.0. The molecule has 1 aliphatic heterocycles. The number of morpholine rings is 1. The van der Waals surface area contributed by atoms with Crippen LogP contribution in [0.25, 0.3) is 0 Å². The lowest BCUT2D eigenvalue weighted by Crippen LogP contribution is -2.37. The van der Waals surface area contributed by atoms with Crippen LogP contribution in [0.15, 0.2) is 30.3 Å². The van der Waals surface area contributed by atoms with E-state index < -0.39 is 0 Å². The summed E-state index contributed by atoms with van der Waals surface area (Å²) in [4.78, 5) is 22.1. The molecule has 150 valence electrons. The standard InChI is InChI=1S/C22H30N4O2/c1-5-25(4)21-20(22(27)23-15-18-8-6-16(2)7-9-18)17(3)14-19(24-21)26-10-12-28-13-11-26/h6-9,14H,5,10-13,15H2,1-4H3,(H,23,27). The number of benzene rings is 1. The summed E-state index contributed by atoms with van der Waals surface area (Å²) in [5.74, 6) is 1.55. The molecule has 1 aromatic carbocycles. The molecule has 0 radical (unpaired) electrons. The molecule has 28 heavy (non-hydrogen) atoms. The summed E-state index contributed by atoms with van der Waals surface area (Å²) in [5, 5.41) is 3.05. The lowest BCUT2D eigenvalue weighted by Gasteiger charge is -2.30. The van der Waals surface area contributed by atoms with Crippen LogP contribution in [0.1, 0.15) is 34.0 Å². The summed E-state index contributed by atoms with van der Waals surface area (Å²) >= 11 is 0. The van der Waals surface area contributed by atoms with Gasteiger partial charge in [-0.2, -0.15) is 0 Å². The second kappa shape index (κ2) is 9.06. The third kappa shape index (κ3) is 4.62. The van der Waals surface area contributed by atoms with Crippen molar-refractivity contribution in [2.45, 2.75) is 27.3 Å². The van der Waals surface area contributed by atoms with Crippen LogP contribution >= 0.6 is 0 Å². The van der Waals surface area contributed by atoms with E-state index in [1.807, 2.05) is 37.1 Å². The van der Waals surface area contributed by atoms with Crippen molar-refractivity contribution in [1.82, 2.24) is 10.3 Å². The monoisotopic (exact) mass is 382 g/mol. The smallest absolute Gasteiger partial charge is 0.255 e. The Morgan fingerprint density at radius 1 is 1.21 bits per heavy atom. The van der Waals surface area contributed by atoms with E-state index in [4.69, 9.17) is 9.72 Å². The molecule has 0 aliphatic carbocycles. The minimum Gasteiger partial charge on any atom is -0.378 e. The summed E-state index contributed by atoms with van der Waals surface area (Å²) in [6.07, 6.45) is 0. The molecular weight excluding hydrogens is 352 g/mol. The molecule has 1 aliphatic rings. The number of pyridine rings is 1. The number of aryl methyl sites for hydroxylation is 2. The Morgan fingerprint density at radius 3 is 2.54 bits per heavy atom. The van der Waals surface area contributed by atoms with Gasteiger partial charge in [0.1, 0.15) is 11.6 Å². The van der Waals surface area contributed by atoms with E-state index >= 15 is 0 Å². The zero-order chi connectivity index (χ0) is 20.1. The second-order valence-electron chi connectivity index (χ2n) is 7.28. The highest BCUT2D eigenvalue weighted by Gasteiger charge is 2.22. The minimum absolute atomic E-state index is 0.0885. The van der Waals surface area contributed by atoms with Crippen molar-refractivity contribution in [1.29, 1.82) is 0 Å². The van der Waals surface area contributed by atoms with Gasteiger partial charge < -0.3 is 19.9 Å². The van der Waals surface area contributed by atoms with E-state index in [9.17, 15) is 4.79 Å². The Balaban J connectivity index is 1.85. The van der Waals surface area contributed by atoms with Crippen LogP contribution in [0.4, 0.5) is 11.6 Å². The lowest BCUT2D eigenvalue weighted by molar-refractivity contribution is 0.0950. The number of carbonyl (C=O) groups excluding carboxylic acids is 1. The molecule has 1 fully saturated rings. The maximum absolute atomic E-state index is 13.0. The number of anilines is 2. The SMILES string of the molecule is CCN(C)c1nc(N2CCOCC2)cc(C)c1C(=O)NCc1ccc(C)cc1. The molecule has 1 amide bonds. The third-order valence-electron chi connectivity index (χ3n) is 5.16. The molecule has 0 atom stereocenters. The van der Waals surface area contributed by atoms with Crippen LogP contribution in [-0.4, -0.2) is 50.8 Å². The molecule has 3 rings (SSSR count). The van der Waals surface area contributed by atoms with Gasteiger partial charge in [0.25, 0.3) is 5.91 Å². The summed E-state index contributed by atoms with van der Waals surface area (Å²) in [5.41, 5.74) is 3.88. The molecule has 2 aromatic rings. The Bertz CT molecular complexity index is 814. The number of ether oxygens (including phenoxy) is 1. The molecule has 6 nitrogen and oxygen atoms in total. The lowest BCUT2D eigenvalue weighted by atomic mass is 10.1. The zero-order valence-corrected chi connectivity index (χ0v) is 17.3. The van der Waals surface area contributed by atoms with E-state index in [1.54, 1.807) is 0 Å². The predicted molar refractivity (Wildman–Crippen MR) is 113 cm³/mol. The zero-order valence-electron chi connectivity index (χ0n) is 17.3. The fourth-order valence-electron chi connectivity index (χ4n) is 3.28. The Kier molecular flexibility index (Phi) is 6.52. The van der Waals surface area contributed by atoms with Crippen molar-refractivity contribution < 1.29 is 9.53 Å². The molecule has 1 saturated heterocycles. The maximum Gasteiger partial charge on any atom is 0.255 e. The van der Waals surface area contributed by atoms with E-state index in [1.165, 1.54) is 5.56 Å². The highest BCUT2D eigenvalue weighted by Crippen LogP contribution is 2.26. The number of nitrogens with zero attached hydrogens (tertiary/aromatic N) is 3. The van der Waals surface area contributed by atoms with Gasteiger partial charge in [-0.05, 0) is 38.0 Å². The van der Waals surface area contributed by atoms with Gasteiger partial charge in [0, 0.05) is 33.2 Å². The first-order valence-corrected chi connectivity index (χ1v) is 9.88. The molecule has 6 heteroatoms. The number of hydrogen-bond donors (Lipinski definition) is 1. The van der Waals surface area contributed by atoms with Crippen molar-refractivity contribution in [3.63, 3.8) is 0 Å². The van der Waals surface area contributed by atoms with Crippen LogP contribution in [0.2, 0.25) is 0 Å². The average Bonchev–Trinajstić information content (AvgIpc) is 2.72. The van der Waals surface area contributed by atoms with Crippen LogP contribution in [-0.2, 0) is 11.3 Å². The summed E-state index contributed by atoms with van der Waals surface area (Å²) in [6, 6.07) is 10.2. The fourth-order valence-corrected chi connectivity index (χ4v) is 3.28. The van der Waals surface area contributed by atoms with Crippen LogP contribution in [0.3, 0.4) is 0 Å². The largest absolute Gasteiger partial charge is 0.378 e. The minimum atomic E-state index is -0.0885. The third-order valence-corrected chi connectivity index (χ3v) is 5.16. The van der Waals surface area contributed by atoms with Crippen LogP contribution < -0.4 is 15.1 Å². The van der Waals surface area contributed by atoms with Gasteiger partial charge in [0.15, 0.2) is 0 Å². The average molecular weight is 383 g/mol. The quantitative estimate of drug-likeness (QED) is 0.832. The molecule has 0 spiro atoms. The Hall–Kier alpha value is -2.60. The highest BCUT2D eigenvalue weighted by atomic mass is 16.5. The molecule has 2 heterocycles. The molecular formula is C22H30N4O2.